The summed E-state index contributed by atoms with van der Waals surface area (Å²) in [5, 5.41) is 4.28. The van der Waals surface area contributed by atoms with Crippen LogP contribution < -0.4 is 5.32 Å². The van der Waals surface area contributed by atoms with E-state index in [0.29, 0.717) is 18.4 Å². The molecule has 1 aliphatic carbocycles. The van der Waals surface area contributed by atoms with Crippen molar-refractivity contribution in [3.8, 4) is 0 Å². The minimum atomic E-state index is -2.87. The predicted molar refractivity (Wildman–Crippen MR) is 88.8 cm³/mol. The summed E-state index contributed by atoms with van der Waals surface area (Å²) < 4.78 is 23.2. The maximum atomic E-state index is 11.6. The number of sulfone groups is 1. The van der Waals surface area contributed by atoms with E-state index in [0.717, 1.165) is 18.0 Å². The zero-order valence-electron chi connectivity index (χ0n) is 12.5. The fourth-order valence-electron chi connectivity index (χ4n) is 2.44. The molecule has 1 saturated carbocycles. The summed E-state index contributed by atoms with van der Waals surface area (Å²) in [5.41, 5.74) is 1.20. The third kappa shape index (κ3) is 5.97. The molecule has 118 valence electrons. The molecule has 0 saturated heterocycles. The van der Waals surface area contributed by atoms with E-state index in [9.17, 15) is 8.42 Å². The summed E-state index contributed by atoms with van der Waals surface area (Å²) in [6.45, 7) is 2.61. The second-order valence-corrected chi connectivity index (χ2v) is 8.72. The van der Waals surface area contributed by atoms with Crippen molar-refractivity contribution in [3.63, 3.8) is 0 Å². The monoisotopic (exact) mass is 329 g/mol. The predicted octanol–water partition coefficient (Wildman–Crippen LogP) is 3.39. The van der Waals surface area contributed by atoms with Crippen molar-refractivity contribution in [2.75, 3.05) is 18.1 Å². The average molecular weight is 330 g/mol. The van der Waals surface area contributed by atoms with Crippen LogP contribution in [-0.2, 0) is 9.84 Å². The zero-order valence-corrected chi connectivity index (χ0v) is 14.1. The molecule has 1 unspecified atom stereocenters. The average Bonchev–Trinajstić information content (AvgIpc) is 3.26. The Morgan fingerprint density at radius 1 is 1.38 bits per heavy atom. The molecule has 1 aromatic carbocycles. The van der Waals surface area contributed by atoms with Gasteiger partial charge in [-0.25, -0.2) is 8.42 Å². The molecule has 0 heterocycles. The molecule has 1 aliphatic rings. The van der Waals surface area contributed by atoms with Gasteiger partial charge in [0.25, 0.3) is 0 Å². The molecule has 1 atom stereocenters. The molecule has 21 heavy (non-hydrogen) atoms. The largest absolute Gasteiger partial charge is 0.313 e. The van der Waals surface area contributed by atoms with E-state index in [4.69, 9.17) is 11.6 Å². The van der Waals surface area contributed by atoms with Gasteiger partial charge < -0.3 is 5.32 Å². The van der Waals surface area contributed by atoms with E-state index in [1.165, 1.54) is 18.4 Å². The van der Waals surface area contributed by atoms with Crippen LogP contribution in [0.25, 0.3) is 0 Å². The number of rotatable bonds is 9. The van der Waals surface area contributed by atoms with E-state index in [-0.39, 0.29) is 11.5 Å². The minimum Gasteiger partial charge on any atom is -0.313 e. The SMILES string of the molecule is CCS(=O)(=O)CCCC(CNC1CC1)c1cccc(Cl)c1. The number of hydrogen-bond donors (Lipinski definition) is 1. The molecule has 2 rings (SSSR count). The molecule has 0 spiro atoms. The summed E-state index contributed by atoms with van der Waals surface area (Å²) in [5.74, 6) is 0.843. The van der Waals surface area contributed by atoms with Crippen LogP contribution in [-0.4, -0.2) is 32.5 Å². The third-order valence-corrected chi connectivity index (χ3v) is 6.02. The molecule has 3 nitrogen and oxygen atoms in total. The van der Waals surface area contributed by atoms with Crippen LogP contribution >= 0.6 is 11.6 Å². The lowest BCUT2D eigenvalue weighted by Gasteiger charge is -2.18. The Kier molecular flexibility index (Phi) is 6.08. The lowest BCUT2D eigenvalue weighted by atomic mass is 9.94. The second kappa shape index (κ2) is 7.61. The second-order valence-electron chi connectivity index (χ2n) is 5.81. The zero-order chi connectivity index (χ0) is 15.3. The number of benzene rings is 1. The van der Waals surface area contributed by atoms with Crippen LogP contribution in [0.4, 0.5) is 0 Å². The van der Waals surface area contributed by atoms with Crippen LogP contribution in [0.2, 0.25) is 5.02 Å². The Morgan fingerprint density at radius 2 is 2.14 bits per heavy atom. The van der Waals surface area contributed by atoms with E-state index in [1.54, 1.807) is 6.92 Å². The summed E-state index contributed by atoms with van der Waals surface area (Å²) in [7, 11) is -2.87. The Balaban J connectivity index is 1.94. The highest BCUT2D eigenvalue weighted by atomic mass is 35.5. The molecular formula is C16H24ClNO2S. The number of halogens is 1. The standard InChI is InChI=1S/C16H24ClNO2S/c1-2-21(19,20)10-4-6-14(12-18-16-8-9-16)13-5-3-7-15(17)11-13/h3,5,7,11,14,16,18H,2,4,6,8-10,12H2,1H3. The fourth-order valence-corrected chi connectivity index (χ4v) is 3.53. The van der Waals surface area contributed by atoms with Gasteiger partial charge in [0.2, 0.25) is 0 Å². The maximum Gasteiger partial charge on any atom is 0.150 e. The molecule has 0 aliphatic heterocycles. The van der Waals surface area contributed by atoms with Gasteiger partial charge in [0.1, 0.15) is 9.84 Å². The van der Waals surface area contributed by atoms with Gasteiger partial charge in [-0.3, -0.25) is 0 Å². The van der Waals surface area contributed by atoms with Gasteiger partial charge in [0.15, 0.2) is 0 Å². The van der Waals surface area contributed by atoms with Gasteiger partial charge >= 0.3 is 0 Å². The Bertz CT molecular complexity index is 555. The van der Waals surface area contributed by atoms with E-state index in [2.05, 4.69) is 11.4 Å². The Hall–Kier alpha value is -0.580. The highest BCUT2D eigenvalue weighted by Gasteiger charge is 2.22. The molecule has 1 aromatic rings. The van der Waals surface area contributed by atoms with Crippen molar-refractivity contribution in [2.24, 2.45) is 0 Å². The lowest BCUT2D eigenvalue weighted by molar-refractivity contribution is 0.537. The van der Waals surface area contributed by atoms with Crippen LogP contribution in [0, 0.1) is 0 Å². The first-order chi connectivity index (χ1) is 10.00. The van der Waals surface area contributed by atoms with Crippen LogP contribution in [0.5, 0.6) is 0 Å². The molecule has 0 radical (unpaired) electrons. The third-order valence-electron chi connectivity index (χ3n) is 4.00. The van der Waals surface area contributed by atoms with Crippen molar-refractivity contribution in [1.82, 2.24) is 5.32 Å². The first-order valence-corrected chi connectivity index (χ1v) is 9.89. The van der Waals surface area contributed by atoms with Gasteiger partial charge in [-0.2, -0.15) is 0 Å². The summed E-state index contributed by atoms with van der Waals surface area (Å²) in [4.78, 5) is 0. The van der Waals surface area contributed by atoms with Crippen molar-refractivity contribution < 1.29 is 8.42 Å². The van der Waals surface area contributed by atoms with E-state index in [1.807, 2.05) is 18.2 Å². The van der Waals surface area contributed by atoms with Gasteiger partial charge in [-0.1, -0.05) is 30.7 Å². The quantitative estimate of drug-likeness (QED) is 0.755. The highest BCUT2D eigenvalue weighted by Crippen LogP contribution is 2.26. The van der Waals surface area contributed by atoms with Crippen molar-refractivity contribution in [1.29, 1.82) is 0 Å². The minimum absolute atomic E-state index is 0.231. The molecular weight excluding hydrogens is 306 g/mol. The topological polar surface area (TPSA) is 46.2 Å². The van der Waals surface area contributed by atoms with Crippen LogP contribution in [0.3, 0.4) is 0 Å². The summed E-state index contributed by atoms with van der Waals surface area (Å²) in [6.07, 6.45) is 4.10. The van der Waals surface area contributed by atoms with Gasteiger partial charge in [0, 0.05) is 23.4 Å². The highest BCUT2D eigenvalue weighted by molar-refractivity contribution is 7.91. The van der Waals surface area contributed by atoms with Crippen LogP contribution in [0.1, 0.15) is 44.1 Å². The smallest absolute Gasteiger partial charge is 0.150 e. The maximum absolute atomic E-state index is 11.6. The van der Waals surface area contributed by atoms with Crippen molar-refractivity contribution in [3.05, 3.63) is 34.9 Å². The fraction of sp³-hybridized carbons (Fsp3) is 0.625. The molecule has 0 bridgehead atoms. The molecule has 5 heteroatoms. The molecule has 0 aromatic heterocycles. The first kappa shape index (κ1) is 16.8. The molecule has 1 fully saturated rings. The van der Waals surface area contributed by atoms with Crippen molar-refractivity contribution in [2.45, 2.75) is 44.6 Å². The normalized spacial score (nSPS) is 16.9. The van der Waals surface area contributed by atoms with E-state index >= 15 is 0 Å². The number of nitrogens with one attached hydrogen (secondary N) is 1. The number of hydrogen-bond acceptors (Lipinski definition) is 3. The van der Waals surface area contributed by atoms with E-state index < -0.39 is 9.84 Å². The van der Waals surface area contributed by atoms with Gasteiger partial charge in [-0.15, -0.1) is 0 Å². The molecule has 1 N–H and O–H groups in total. The Morgan fingerprint density at radius 3 is 2.76 bits per heavy atom. The van der Waals surface area contributed by atoms with Gasteiger partial charge in [0.05, 0.1) is 5.75 Å². The lowest BCUT2D eigenvalue weighted by Crippen LogP contribution is -2.24. The Labute approximate surface area is 133 Å². The van der Waals surface area contributed by atoms with Gasteiger partial charge in [-0.05, 0) is 49.3 Å². The summed E-state index contributed by atoms with van der Waals surface area (Å²) >= 11 is 6.08. The first-order valence-electron chi connectivity index (χ1n) is 7.69. The molecule has 0 amide bonds. The van der Waals surface area contributed by atoms with Crippen LogP contribution in [0.15, 0.2) is 24.3 Å². The summed E-state index contributed by atoms with van der Waals surface area (Å²) in [6, 6.07) is 8.57. The van der Waals surface area contributed by atoms with Crippen molar-refractivity contribution >= 4 is 21.4 Å².